The van der Waals surface area contributed by atoms with Crippen LogP contribution in [0.25, 0.3) is 5.52 Å². The van der Waals surface area contributed by atoms with E-state index < -0.39 is 5.60 Å². The van der Waals surface area contributed by atoms with Gasteiger partial charge in [-0.05, 0) is 77.6 Å². The van der Waals surface area contributed by atoms with E-state index in [4.69, 9.17) is 9.84 Å². The first-order valence-corrected chi connectivity index (χ1v) is 8.71. The Labute approximate surface area is 143 Å². The number of ether oxygens (including phenoxy) is 1. The Morgan fingerprint density at radius 2 is 1.96 bits per heavy atom. The van der Waals surface area contributed by atoms with Gasteiger partial charge in [0, 0.05) is 12.2 Å². The Kier molecular flexibility index (Phi) is 4.28. The molecular weight excluding hydrogens is 302 g/mol. The Hall–Kier alpha value is -2.04. The van der Waals surface area contributed by atoms with Crippen LogP contribution in [0.1, 0.15) is 63.0 Å². The Morgan fingerprint density at radius 1 is 1.21 bits per heavy atom. The predicted octanol–water partition coefficient (Wildman–Crippen LogP) is 4.41. The number of pyridine rings is 1. The lowest BCUT2D eigenvalue weighted by atomic mass is 10.00. The highest BCUT2D eigenvalue weighted by Gasteiger charge is 2.33. The van der Waals surface area contributed by atoms with E-state index >= 15 is 0 Å². The van der Waals surface area contributed by atoms with Crippen molar-refractivity contribution in [3.05, 3.63) is 35.2 Å². The van der Waals surface area contributed by atoms with Crippen LogP contribution in [0, 0.1) is 13.8 Å². The summed E-state index contributed by atoms with van der Waals surface area (Å²) in [5, 5.41) is 4.77. The molecule has 0 bridgehead atoms. The first kappa shape index (κ1) is 16.8. The summed E-state index contributed by atoms with van der Waals surface area (Å²) in [6.45, 7) is 10.6. The van der Waals surface area contributed by atoms with Gasteiger partial charge >= 0.3 is 6.09 Å². The summed E-state index contributed by atoms with van der Waals surface area (Å²) < 4.78 is 7.56. The molecule has 3 heterocycles. The second kappa shape index (κ2) is 6.11. The summed E-state index contributed by atoms with van der Waals surface area (Å²) in [4.78, 5) is 14.4. The van der Waals surface area contributed by atoms with Gasteiger partial charge < -0.3 is 4.74 Å². The molecule has 0 N–H and O–H groups in total. The van der Waals surface area contributed by atoms with Gasteiger partial charge in [0.25, 0.3) is 0 Å². The molecule has 1 fully saturated rings. The lowest BCUT2D eigenvalue weighted by Gasteiger charge is -2.35. The van der Waals surface area contributed by atoms with Crippen molar-refractivity contribution in [1.82, 2.24) is 14.5 Å². The summed E-state index contributed by atoms with van der Waals surface area (Å²) in [5.74, 6) is 0. The highest BCUT2D eigenvalue weighted by Crippen LogP contribution is 2.32. The lowest BCUT2D eigenvalue weighted by molar-refractivity contribution is 0.00898. The average Bonchev–Trinajstić information content (AvgIpc) is 2.89. The third-order valence-electron chi connectivity index (χ3n) is 4.37. The van der Waals surface area contributed by atoms with Crippen molar-refractivity contribution in [2.45, 2.75) is 65.5 Å². The lowest BCUT2D eigenvalue weighted by Crippen LogP contribution is -2.42. The smallest absolute Gasteiger partial charge is 0.410 e. The van der Waals surface area contributed by atoms with Gasteiger partial charge in [0.1, 0.15) is 5.60 Å². The van der Waals surface area contributed by atoms with Crippen LogP contribution < -0.4 is 0 Å². The molecule has 1 aliphatic rings. The number of carbonyl (C=O) groups excluding carboxylic acids is 1. The second-order valence-electron chi connectivity index (χ2n) is 7.77. The van der Waals surface area contributed by atoms with Gasteiger partial charge in [-0.3, -0.25) is 4.90 Å². The van der Waals surface area contributed by atoms with E-state index in [-0.39, 0.29) is 12.1 Å². The summed E-state index contributed by atoms with van der Waals surface area (Å²) in [7, 11) is 0. The second-order valence-corrected chi connectivity index (χ2v) is 7.77. The van der Waals surface area contributed by atoms with Gasteiger partial charge in [0.2, 0.25) is 0 Å². The van der Waals surface area contributed by atoms with Crippen molar-refractivity contribution in [3.8, 4) is 0 Å². The summed E-state index contributed by atoms with van der Waals surface area (Å²) >= 11 is 0. The Bertz CT molecular complexity index is 758. The molecule has 0 aliphatic carbocycles. The zero-order valence-electron chi connectivity index (χ0n) is 15.3. The number of hydrogen-bond donors (Lipinski definition) is 0. The quantitative estimate of drug-likeness (QED) is 0.778. The minimum atomic E-state index is -0.480. The molecule has 24 heavy (non-hydrogen) atoms. The SMILES string of the molecule is Cc1cc(C)n2nc(C3CCCCN3C(=O)OC(C)(C)C)cc2c1. The number of rotatable bonds is 1. The van der Waals surface area contributed by atoms with E-state index in [2.05, 4.69) is 32.0 Å². The van der Waals surface area contributed by atoms with Crippen LogP contribution in [0.15, 0.2) is 18.2 Å². The maximum Gasteiger partial charge on any atom is 0.410 e. The van der Waals surface area contributed by atoms with Crippen LogP contribution in [0.5, 0.6) is 0 Å². The van der Waals surface area contributed by atoms with E-state index in [0.717, 1.165) is 42.7 Å². The van der Waals surface area contributed by atoms with Crippen molar-refractivity contribution in [3.63, 3.8) is 0 Å². The number of piperidine rings is 1. The van der Waals surface area contributed by atoms with Gasteiger partial charge in [-0.25, -0.2) is 9.31 Å². The molecule has 0 spiro atoms. The number of aryl methyl sites for hydroxylation is 2. The van der Waals surface area contributed by atoms with Gasteiger partial charge in [0.15, 0.2) is 0 Å². The maximum absolute atomic E-state index is 12.6. The predicted molar refractivity (Wildman–Crippen MR) is 94.2 cm³/mol. The number of fused-ring (bicyclic) bond motifs is 1. The molecule has 5 heteroatoms. The Balaban J connectivity index is 1.93. The van der Waals surface area contributed by atoms with E-state index in [1.165, 1.54) is 5.56 Å². The standard InChI is InChI=1S/C19H27N3O2/c1-13-10-14(2)22-15(11-13)12-16(20-22)17-8-6-7-9-21(17)18(23)24-19(3,4)5/h10-12,17H,6-9H2,1-5H3. The van der Waals surface area contributed by atoms with Crippen molar-refractivity contribution in [2.75, 3.05) is 6.54 Å². The fraction of sp³-hybridized carbons (Fsp3) is 0.579. The first-order chi connectivity index (χ1) is 11.2. The van der Waals surface area contributed by atoms with E-state index in [9.17, 15) is 4.79 Å². The molecule has 1 unspecified atom stereocenters. The molecular formula is C19H27N3O2. The van der Waals surface area contributed by atoms with Gasteiger partial charge in [-0.15, -0.1) is 0 Å². The molecule has 1 atom stereocenters. The number of aromatic nitrogens is 2. The highest BCUT2D eigenvalue weighted by molar-refractivity contribution is 5.69. The zero-order valence-corrected chi connectivity index (χ0v) is 15.3. The largest absolute Gasteiger partial charge is 0.444 e. The molecule has 3 rings (SSSR count). The molecule has 0 aromatic carbocycles. The third-order valence-corrected chi connectivity index (χ3v) is 4.37. The minimum absolute atomic E-state index is 0.00629. The maximum atomic E-state index is 12.6. The average molecular weight is 329 g/mol. The van der Waals surface area contributed by atoms with Gasteiger partial charge in [0.05, 0.1) is 17.3 Å². The van der Waals surface area contributed by atoms with Crippen LogP contribution in [0.4, 0.5) is 4.79 Å². The van der Waals surface area contributed by atoms with Crippen molar-refractivity contribution < 1.29 is 9.53 Å². The molecule has 0 radical (unpaired) electrons. The molecule has 130 valence electrons. The molecule has 0 saturated carbocycles. The monoisotopic (exact) mass is 329 g/mol. The summed E-state index contributed by atoms with van der Waals surface area (Å²) in [5.41, 5.74) is 3.88. The normalized spacial score (nSPS) is 18.9. The van der Waals surface area contributed by atoms with Crippen LogP contribution in [-0.4, -0.2) is 32.8 Å². The number of hydrogen-bond acceptors (Lipinski definition) is 3. The van der Waals surface area contributed by atoms with Crippen molar-refractivity contribution >= 4 is 11.6 Å². The number of likely N-dealkylation sites (tertiary alicyclic amines) is 1. The molecule has 2 aromatic rings. The van der Waals surface area contributed by atoms with E-state index in [0.29, 0.717) is 0 Å². The fourth-order valence-corrected chi connectivity index (χ4v) is 3.41. The van der Waals surface area contributed by atoms with E-state index in [1.807, 2.05) is 30.2 Å². The van der Waals surface area contributed by atoms with Crippen LogP contribution in [0.3, 0.4) is 0 Å². The molecule has 1 aliphatic heterocycles. The molecule has 1 saturated heterocycles. The number of carbonyl (C=O) groups is 1. The van der Waals surface area contributed by atoms with Gasteiger partial charge in [-0.2, -0.15) is 5.10 Å². The first-order valence-electron chi connectivity index (χ1n) is 8.71. The third kappa shape index (κ3) is 3.40. The van der Waals surface area contributed by atoms with Crippen LogP contribution in [0.2, 0.25) is 0 Å². The number of amides is 1. The minimum Gasteiger partial charge on any atom is -0.444 e. The summed E-state index contributed by atoms with van der Waals surface area (Å²) in [6.07, 6.45) is 2.82. The van der Waals surface area contributed by atoms with E-state index in [1.54, 1.807) is 0 Å². The molecule has 1 amide bonds. The number of nitrogens with zero attached hydrogens (tertiary/aromatic N) is 3. The van der Waals surface area contributed by atoms with Crippen LogP contribution in [-0.2, 0) is 4.74 Å². The topological polar surface area (TPSA) is 46.8 Å². The van der Waals surface area contributed by atoms with Crippen molar-refractivity contribution in [2.24, 2.45) is 0 Å². The fourth-order valence-electron chi connectivity index (χ4n) is 3.41. The highest BCUT2D eigenvalue weighted by atomic mass is 16.6. The summed E-state index contributed by atoms with van der Waals surface area (Å²) in [6, 6.07) is 6.35. The van der Waals surface area contributed by atoms with Crippen LogP contribution >= 0.6 is 0 Å². The Morgan fingerprint density at radius 3 is 2.67 bits per heavy atom. The van der Waals surface area contributed by atoms with Crippen molar-refractivity contribution in [1.29, 1.82) is 0 Å². The zero-order chi connectivity index (χ0) is 17.5. The van der Waals surface area contributed by atoms with Gasteiger partial charge in [-0.1, -0.05) is 0 Å². The molecule has 2 aromatic heterocycles. The molecule has 5 nitrogen and oxygen atoms in total.